The molecule has 1 N–H and O–H groups in total. The second-order valence-corrected chi connectivity index (χ2v) is 9.72. The number of furan rings is 1. The molecule has 4 rings (SSSR count). The van der Waals surface area contributed by atoms with Crippen LogP contribution in [0, 0.1) is 0 Å². The number of carbonyl (C=O) groups is 2. The monoisotopic (exact) mass is 496 g/mol. The van der Waals surface area contributed by atoms with Crippen molar-refractivity contribution in [2.45, 2.75) is 57.2 Å². The number of hydrogen-bond donors (Lipinski definition) is 1. The Bertz CT molecular complexity index is 1090. The van der Waals surface area contributed by atoms with E-state index < -0.39 is 6.04 Å². The summed E-state index contributed by atoms with van der Waals surface area (Å²) in [6.07, 6.45) is 7.00. The number of thiophene rings is 1. The molecule has 1 fully saturated rings. The van der Waals surface area contributed by atoms with Gasteiger partial charge in [-0.3, -0.25) is 9.59 Å². The number of methoxy groups -OCH3 is 2. The molecule has 3 aromatic rings. The molecule has 0 saturated heterocycles. The zero-order valence-corrected chi connectivity index (χ0v) is 21.0. The van der Waals surface area contributed by atoms with Crippen molar-refractivity contribution in [3.8, 4) is 11.5 Å². The number of nitrogens with zero attached hydrogens (tertiary/aromatic N) is 1. The van der Waals surface area contributed by atoms with Crippen LogP contribution in [0.25, 0.3) is 0 Å². The highest BCUT2D eigenvalue weighted by Crippen LogP contribution is 2.38. The van der Waals surface area contributed by atoms with Gasteiger partial charge in [0.15, 0.2) is 11.5 Å². The molecule has 1 aromatic carbocycles. The molecule has 1 unspecified atom stereocenters. The minimum atomic E-state index is -0.917. The third-order valence-electron chi connectivity index (χ3n) is 6.37. The summed E-state index contributed by atoms with van der Waals surface area (Å²) in [6, 6.07) is 12.0. The molecule has 2 amide bonds. The normalized spacial score (nSPS) is 14.8. The maximum Gasteiger partial charge on any atom is 0.247 e. The van der Waals surface area contributed by atoms with Crippen LogP contribution in [0.3, 0.4) is 0 Å². The summed E-state index contributed by atoms with van der Waals surface area (Å²) in [5.74, 6) is 1.14. The first-order valence-corrected chi connectivity index (χ1v) is 12.8. The number of carbonyl (C=O) groups excluding carboxylic acids is 2. The van der Waals surface area contributed by atoms with Gasteiger partial charge in [-0.15, -0.1) is 11.3 Å². The SMILES string of the molecule is COc1cccc(C(C(=O)NC2CCCCC2)N(Cc2ccco2)C(=O)Cc2cccs2)c1OC. The van der Waals surface area contributed by atoms with Crippen molar-refractivity contribution in [1.82, 2.24) is 10.2 Å². The first kappa shape index (κ1) is 24.9. The van der Waals surface area contributed by atoms with Crippen LogP contribution in [-0.2, 0) is 22.6 Å². The zero-order chi connectivity index (χ0) is 24.6. The fourth-order valence-corrected chi connectivity index (χ4v) is 5.36. The lowest BCUT2D eigenvalue weighted by Crippen LogP contribution is -2.47. The summed E-state index contributed by atoms with van der Waals surface area (Å²) in [7, 11) is 3.10. The number of nitrogens with one attached hydrogen (secondary N) is 1. The molecule has 0 radical (unpaired) electrons. The van der Waals surface area contributed by atoms with E-state index in [1.54, 1.807) is 37.5 Å². The summed E-state index contributed by atoms with van der Waals surface area (Å²) in [5, 5.41) is 5.17. The topological polar surface area (TPSA) is 81.0 Å². The number of amides is 2. The van der Waals surface area contributed by atoms with Crippen LogP contribution in [0.15, 0.2) is 58.5 Å². The van der Waals surface area contributed by atoms with Gasteiger partial charge in [0, 0.05) is 16.5 Å². The second kappa shape index (κ2) is 11.9. The van der Waals surface area contributed by atoms with E-state index in [-0.39, 0.29) is 30.8 Å². The van der Waals surface area contributed by atoms with Gasteiger partial charge in [0.25, 0.3) is 0 Å². The Labute approximate surface area is 210 Å². The van der Waals surface area contributed by atoms with E-state index in [0.29, 0.717) is 22.8 Å². The maximum atomic E-state index is 13.9. The van der Waals surface area contributed by atoms with Crippen molar-refractivity contribution < 1.29 is 23.5 Å². The van der Waals surface area contributed by atoms with Crippen LogP contribution in [0.5, 0.6) is 11.5 Å². The van der Waals surface area contributed by atoms with Crippen molar-refractivity contribution >= 4 is 23.2 Å². The standard InChI is InChI=1S/C27H32N2O5S/c1-32-23-14-6-13-22(26(23)33-2)25(27(31)28-19-9-4-3-5-10-19)29(18-20-11-7-15-34-20)24(30)17-21-12-8-16-35-21/h6-8,11-16,19,25H,3-5,9-10,17-18H2,1-2H3,(H,28,31). The average Bonchev–Trinajstić information content (AvgIpc) is 3.58. The minimum absolute atomic E-state index is 0.0909. The summed E-state index contributed by atoms with van der Waals surface area (Å²) in [4.78, 5) is 30.2. The highest BCUT2D eigenvalue weighted by atomic mass is 32.1. The molecule has 2 heterocycles. The number of para-hydroxylation sites is 1. The van der Waals surface area contributed by atoms with Crippen LogP contribution in [0.4, 0.5) is 0 Å². The lowest BCUT2D eigenvalue weighted by atomic mass is 9.94. The van der Waals surface area contributed by atoms with Crippen molar-refractivity contribution in [3.63, 3.8) is 0 Å². The van der Waals surface area contributed by atoms with Crippen LogP contribution in [0.1, 0.15) is 54.3 Å². The van der Waals surface area contributed by atoms with Gasteiger partial charge < -0.3 is 24.1 Å². The Morgan fingerprint density at radius 2 is 1.91 bits per heavy atom. The molecule has 0 aliphatic heterocycles. The molecule has 1 saturated carbocycles. The minimum Gasteiger partial charge on any atom is -0.493 e. The molecule has 1 aliphatic rings. The summed E-state index contributed by atoms with van der Waals surface area (Å²) in [6.45, 7) is 0.153. The first-order valence-electron chi connectivity index (χ1n) is 12.0. The molecule has 35 heavy (non-hydrogen) atoms. The molecule has 186 valence electrons. The Hall–Kier alpha value is -3.26. The summed E-state index contributed by atoms with van der Waals surface area (Å²) in [5.41, 5.74) is 0.575. The van der Waals surface area contributed by atoms with Gasteiger partial charge in [-0.2, -0.15) is 0 Å². The van der Waals surface area contributed by atoms with Crippen molar-refractivity contribution in [2.75, 3.05) is 14.2 Å². The lowest BCUT2D eigenvalue weighted by Gasteiger charge is -2.33. The Kier molecular flexibility index (Phi) is 8.47. The quantitative estimate of drug-likeness (QED) is 0.421. The molecule has 0 bridgehead atoms. The van der Waals surface area contributed by atoms with Gasteiger partial charge in [-0.25, -0.2) is 0 Å². The molecule has 1 atom stereocenters. The summed E-state index contributed by atoms with van der Waals surface area (Å²) < 4.78 is 16.8. The van der Waals surface area contributed by atoms with Gasteiger partial charge in [0.2, 0.25) is 11.8 Å². The average molecular weight is 497 g/mol. The number of rotatable bonds is 10. The fourth-order valence-electron chi connectivity index (χ4n) is 4.66. The van der Waals surface area contributed by atoms with Gasteiger partial charge in [-0.1, -0.05) is 37.5 Å². The maximum absolute atomic E-state index is 13.9. The van der Waals surface area contributed by atoms with Crippen LogP contribution in [-0.4, -0.2) is 37.0 Å². The predicted octanol–water partition coefficient (Wildman–Crippen LogP) is 5.12. The van der Waals surface area contributed by atoms with E-state index in [1.165, 1.54) is 17.8 Å². The molecule has 7 nitrogen and oxygen atoms in total. The third-order valence-corrected chi connectivity index (χ3v) is 7.25. The number of hydrogen-bond acceptors (Lipinski definition) is 6. The van der Waals surface area contributed by atoms with Gasteiger partial charge >= 0.3 is 0 Å². The largest absolute Gasteiger partial charge is 0.493 e. The molecule has 8 heteroatoms. The number of benzene rings is 1. The summed E-state index contributed by atoms with van der Waals surface area (Å²) >= 11 is 1.52. The van der Waals surface area contributed by atoms with E-state index >= 15 is 0 Å². The van der Waals surface area contributed by atoms with Crippen molar-refractivity contribution in [1.29, 1.82) is 0 Å². The van der Waals surface area contributed by atoms with Crippen molar-refractivity contribution in [3.05, 3.63) is 70.3 Å². The van der Waals surface area contributed by atoms with Gasteiger partial charge in [0.05, 0.1) is 33.4 Å². The molecule has 2 aromatic heterocycles. The van der Waals surface area contributed by atoms with Crippen LogP contribution in [0.2, 0.25) is 0 Å². The highest BCUT2D eigenvalue weighted by molar-refractivity contribution is 7.10. The highest BCUT2D eigenvalue weighted by Gasteiger charge is 2.36. The van der Waals surface area contributed by atoms with Gasteiger partial charge in [-0.05, 0) is 42.5 Å². The van der Waals surface area contributed by atoms with E-state index in [0.717, 1.165) is 30.6 Å². The van der Waals surface area contributed by atoms with E-state index in [4.69, 9.17) is 13.9 Å². The Balaban J connectivity index is 1.75. The Morgan fingerprint density at radius 1 is 1.09 bits per heavy atom. The van der Waals surface area contributed by atoms with E-state index in [9.17, 15) is 9.59 Å². The van der Waals surface area contributed by atoms with Gasteiger partial charge in [0.1, 0.15) is 11.8 Å². The fraction of sp³-hybridized carbons (Fsp3) is 0.407. The van der Waals surface area contributed by atoms with Crippen molar-refractivity contribution in [2.24, 2.45) is 0 Å². The second-order valence-electron chi connectivity index (χ2n) is 8.69. The third kappa shape index (κ3) is 6.06. The smallest absolute Gasteiger partial charge is 0.247 e. The molecule has 0 spiro atoms. The zero-order valence-electron chi connectivity index (χ0n) is 20.2. The van der Waals surface area contributed by atoms with Crippen LogP contribution >= 0.6 is 11.3 Å². The number of ether oxygens (including phenoxy) is 2. The predicted molar refractivity (Wildman–Crippen MR) is 135 cm³/mol. The lowest BCUT2D eigenvalue weighted by molar-refractivity contribution is -0.141. The molecule has 1 aliphatic carbocycles. The molecular formula is C27H32N2O5S. The molecular weight excluding hydrogens is 464 g/mol. The van der Waals surface area contributed by atoms with E-state index in [2.05, 4.69) is 5.32 Å². The Morgan fingerprint density at radius 3 is 2.57 bits per heavy atom. The van der Waals surface area contributed by atoms with E-state index in [1.807, 2.05) is 35.7 Å². The first-order chi connectivity index (χ1) is 17.1. The van der Waals surface area contributed by atoms with Crippen LogP contribution < -0.4 is 14.8 Å².